The number of amides is 2. The number of methoxy groups -OCH3 is 1. The van der Waals surface area contributed by atoms with Crippen LogP contribution in [0.25, 0.3) is 0 Å². The molecule has 28 heavy (non-hydrogen) atoms. The molecule has 11 heteroatoms. The number of ether oxygens (including phenoxy) is 1. The predicted octanol–water partition coefficient (Wildman–Crippen LogP) is 2.57. The Morgan fingerprint density at radius 2 is 2.04 bits per heavy atom. The fraction of sp³-hybridized carbons (Fsp3) is 0.294. The molecule has 7 nitrogen and oxygen atoms in total. The van der Waals surface area contributed by atoms with Crippen LogP contribution in [0.3, 0.4) is 0 Å². The fourth-order valence-corrected chi connectivity index (χ4v) is 3.78. The van der Waals surface area contributed by atoms with Crippen molar-refractivity contribution in [3.05, 3.63) is 46.2 Å². The van der Waals surface area contributed by atoms with E-state index < -0.39 is 35.7 Å². The number of aliphatic hydroxyl groups is 1. The van der Waals surface area contributed by atoms with Gasteiger partial charge in [0.2, 0.25) is 5.72 Å². The van der Waals surface area contributed by atoms with Crippen LogP contribution in [-0.2, 0) is 0 Å². The van der Waals surface area contributed by atoms with Crippen LogP contribution in [0.4, 0.5) is 18.0 Å². The average molecular weight is 416 g/mol. The second-order valence-corrected chi connectivity index (χ2v) is 7.04. The SMILES string of the molecule is COc1cc([C@H]2NC(=O)N[C@](O)(C(F)(F)F)[C@@H]2C(=O)c2cccs2)ccc1O. The molecule has 0 saturated carbocycles. The third-order valence-corrected chi connectivity index (χ3v) is 5.30. The minimum atomic E-state index is -5.33. The Hall–Kier alpha value is -2.79. The number of ketones is 1. The molecule has 2 aromatic rings. The Kier molecular flexibility index (Phi) is 4.98. The Balaban J connectivity index is 2.17. The topological polar surface area (TPSA) is 108 Å². The van der Waals surface area contributed by atoms with Crippen LogP contribution in [0.5, 0.6) is 11.5 Å². The zero-order valence-electron chi connectivity index (χ0n) is 14.3. The van der Waals surface area contributed by atoms with Crippen LogP contribution in [0.2, 0.25) is 0 Å². The lowest BCUT2D eigenvalue weighted by Crippen LogP contribution is -2.72. The molecule has 0 unspecified atom stereocenters. The van der Waals surface area contributed by atoms with Gasteiger partial charge in [-0.3, -0.25) is 4.79 Å². The summed E-state index contributed by atoms with van der Waals surface area (Å²) in [7, 11) is 1.24. The quantitative estimate of drug-likeness (QED) is 0.573. The van der Waals surface area contributed by atoms with Crippen LogP contribution in [0.1, 0.15) is 21.3 Å². The first-order valence-corrected chi connectivity index (χ1v) is 8.79. The molecule has 0 bridgehead atoms. The number of benzene rings is 1. The van der Waals surface area contributed by atoms with Crippen molar-refractivity contribution in [2.45, 2.75) is 17.9 Å². The maximum atomic E-state index is 13.7. The van der Waals surface area contributed by atoms with Crippen LogP contribution < -0.4 is 15.4 Å². The smallest absolute Gasteiger partial charge is 0.437 e. The van der Waals surface area contributed by atoms with E-state index in [-0.39, 0.29) is 21.9 Å². The molecule has 1 aliphatic heterocycles. The summed E-state index contributed by atoms with van der Waals surface area (Å²) in [6.45, 7) is 0. The van der Waals surface area contributed by atoms with Gasteiger partial charge in [-0.2, -0.15) is 13.2 Å². The van der Waals surface area contributed by atoms with E-state index in [2.05, 4.69) is 5.32 Å². The maximum absolute atomic E-state index is 13.7. The highest BCUT2D eigenvalue weighted by molar-refractivity contribution is 7.12. The van der Waals surface area contributed by atoms with Crippen molar-refractivity contribution in [1.29, 1.82) is 0 Å². The van der Waals surface area contributed by atoms with Crippen LogP contribution in [0, 0.1) is 5.92 Å². The first-order valence-electron chi connectivity index (χ1n) is 7.91. The molecule has 2 amide bonds. The number of hydrogen-bond donors (Lipinski definition) is 4. The molecule has 150 valence electrons. The number of carbonyl (C=O) groups excluding carboxylic acids is 2. The zero-order chi connectivity index (χ0) is 20.7. The molecular formula is C17H15F3N2O5S. The summed E-state index contributed by atoms with van der Waals surface area (Å²) in [6, 6.07) is 3.56. The molecule has 1 aromatic heterocycles. The summed E-state index contributed by atoms with van der Waals surface area (Å²) in [5, 5.41) is 25.4. The van der Waals surface area contributed by atoms with E-state index >= 15 is 0 Å². The number of aromatic hydroxyl groups is 1. The number of urea groups is 1. The van der Waals surface area contributed by atoms with E-state index in [4.69, 9.17) is 4.74 Å². The largest absolute Gasteiger partial charge is 0.504 e. The first kappa shape index (κ1) is 20.0. The minimum Gasteiger partial charge on any atom is -0.504 e. The molecule has 1 saturated heterocycles. The second-order valence-electron chi connectivity index (χ2n) is 6.09. The molecule has 2 heterocycles. The lowest BCUT2D eigenvalue weighted by atomic mass is 9.78. The number of hydrogen-bond acceptors (Lipinski definition) is 6. The minimum absolute atomic E-state index is 0.0126. The van der Waals surface area contributed by atoms with Gasteiger partial charge in [0.05, 0.1) is 18.0 Å². The number of halogens is 3. The fourth-order valence-electron chi connectivity index (χ4n) is 3.08. The van der Waals surface area contributed by atoms with Crippen molar-refractivity contribution in [2.75, 3.05) is 7.11 Å². The summed E-state index contributed by atoms with van der Waals surface area (Å²) >= 11 is 0.911. The lowest BCUT2D eigenvalue weighted by molar-refractivity contribution is -0.287. The maximum Gasteiger partial charge on any atom is 0.437 e. The highest BCUT2D eigenvalue weighted by Crippen LogP contribution is 2.45. The van der Waals surface area contributed by atoms with Gasteiger partial charge in [0.25, 0.3) is 0 Å². The highest BCUT2D eigenvalue weighted by Gasteiger charge is 2.66. The Morgan fingerprint density at radius 1 is 1.32 bits per heavy atom. The van der Waals surface area contributed by atoms with Gasteiger partial charge in [-0.1, -0.05) is 12.1 Å². The Morgan fingerprint density at radius 3 is 2.61 bits per heavy atom. The summed E-state index contributed by atoms with van der Waals surface area (Å²) in [5.41, 5.74) is -3.76. The van der Waals surface area contributed by atoms with E-state index in [1.54, 1.807) is 0 Å². The zero-order valence-corrected chi connectivity index (χ0v) is 15.1. The number of rotatable bonds is 4. The van der Waals surface area contributed by atoms with Gasteiger partial charge in [-0.05, 0) is 29.1 Å². The molecule has 0 aliphatic carbocycles. The summed E-state index contributed by atoms with van der Waals surface area (Å²) in [6.07, 6.45) is -5.33. The summed E-state index contributed by atoms with van der Waals surface area (Å²) in [5.74, 6) is -3.47. The van der Waals surface area contributed by atoms with Gasteiger partial charge in [0.15, 0.2) is 17.3 Å². The molecule has 1 fully saturated rings. The number of Topliss-reactive ketones (excluding diaryl/α,β-unsaturated/α-hetero) is 1. The Bertz CT molecular complexity index is 903. The molecule has 3 atom stereocenters. The number of phenols is 1. The van der Waals surface area contributed by atoms with Crippen molar-refractivity contribution in [3.8, 4) is 11.5 Å². The van der Waals surface area contributed by atoms with E-state index in [9.17, 15) is 33.0 Å². The molecule has 3 rings (SSSR count). The van der Waals surface area contributed by atoms with E-state index in [0.29, 0.717) is 0 Å². The van der Waals surface area contributed by atoms with Crippen molar-refractivity contribution >= 4 is 23.2 Å². The normalized spacial score (nSPS) is 25.0. The number of thiophene rings is 1. The van der Waals surface area contributed by atoms with Crippen LogP contribution in [-0.4, -0.2) is 41.0 Å². The molecule has 0 radical (unpaired) electrons. The first-order chi connectivity index (χ1) is 13.1. The lowest BCUT2D eigenvalue weighted by Gasteiger charge is -2.44. The van der Waals surface area contributed by atoms with Gasteiger partial charge in [-0.25, -0.2) is 4.79 Å². The van der Waals surface area contributed by atoms with Crippen LogP contribution in [0.15, 0.2) is 35.7 Å². The third kappa shape index (κ3) is 3.27. The summed E-state index contributed by atoms with van der Waals surface area (Å²) in [4.78, 5) is 24.8. The van der Waals surface area contributed by atoms with Crippen molar-refractivity contribution in [2.24, 2.45) is 5.92 Å². The van der Waals surface area contributed by atoms with Gasteiger partial charge in [0.1, 0.15) is 5.92 Å². The van der Waals surface area contributed by atoms with Gasteiger partial charge >= 0.3 is 12.2 Å². The molecule has 1 aromatic carbocycles. The van der Waals surface area contributed by atoms with E-state index in [0.717, 1.165) is 17.4 Å². The average Bonchev–Trinajstić information content (AvgIpc) is 3.15. The summed E-state index contributed by atoms with van der Waals surface area (Å²) < 4.78 is 46.2. The number of carbonyl (C=O) groups is 2. The third-order valence-electron chi connectivity index (χ3n) is 4.42. The monoisotopic (exact) mass is 416 g/mol. The van der Waals surface area contributed by atoms with Crippen molar-refractivity contribution in [3.63, 3.8) is 0 Å². The van der Waals surface area contributed by atoms with Crippen LogP contribution >= 0.6 is 11.3 Å². The Labute approximate surface area is 160 Å². The van der Waals surface area contributed by atoms with E-state index in [1.165, 1.54) is 42.1 Å². The van der Waals surface area contributed by atoms with Gasteiger partial charge in [0, 0.05) is 0 Å². The number of nitrogens with one attached hydrogen (secondary N) is 2. The molecule has 1 aliphatic rings. The van der Waals surface area contributed by atoms with Crippen molar-refractivity contribution in [1.82, 2.24) is 10.6 Å². The molecule has 0 spiro atoms. The molecule has 4 N–H and O–H groups in total. The van der Waals surface area contributed by atoms with Crippen molar-refractivity contribution < 1.29 is 37.7 Å². The second kappa shape index (κ2) is 6.99. The van der Waals surface area contributed by atoms with E-state index in [1.807, 2.05) is 0 Å². The highest BCUT2D eigenvalue weighted by atomic mass is 32.1. The number of alkyl halides is 3. The predicted molar refractivity (Wildman–Crippen MR) is 92.2 cm³/mol. The molecular weight excluding hydrogens is 401 g/mol. The standard InChI is InChI=1S/C17H15F3N2O5S/c1-27-10-7-8(4-5-9(10)23)13-12(14(24)11-3-2-6-28-11)16(26,17(18,19)20)22-15(25)21-13/h2-7,12-13,23,26H,1H3,(H2,21,22,25)/t12-,13+,16+/m0/s1. The van der Waals surface area contributed by atoms with Gasteiger partial charge < -0.3 is 25.6 Å². The van der Waals surface area contributed by atoms with Gasteiger partial charge in [-0.15, -0.1) is 11.3 Å². The number of phenolic OH excluding ortho intramolecular Hbond substituents is 1.